The molecule has 0 aliphatic heterocycles. The van der Waals surface area contributed by atoms with Crippen LogP contribution in [0, 0.1) is 5.82 Å². The first-order valence-electron chi connectivity index (χ1n) is 7.42. The molecule has 0 atom stereocenters. The van der Waals surface area contributed by atoms with E-state index < -0.39 is 5.91 Å². The third kappa shape index (κ3) is 3.31. The van der Waals surface area contributed by atoms with Gasteiger partial charge in [-0.15, -0.1) is 0 Å². The number of fused-ring (bicyclic) bond motifs is 1. The second-order valence-corrected chi connectivity index (χ2v) is 7.25. The quantitative estimate of drug-likeness (QED) is 0.437. The Morgan fingerprint density at radius 2 is 1.96 bits per heavy atom. The summed E-state index contributed by atoms with van der Waals surface area (Å²) in [5, 5.41) is 3.95. The predicted molar refractivity (Wildman–Crippen MR) is 102 cm³/mol. The number of carbonyl (C=O) groups excluding carboxylic acids is 1. The van der Waals surface area contributed by atoms with Gasteiger partial charge in [-0.1, -0.05) is 34.5 Å². The molecule has 2 aromatic heterocycles. The van der Waals surface area contributed by atoms with Gasteiger partial charge in [-0.2, -0.15) is 0 Å². The van der Waals surface area contributed by atoms with Crippen molar-refractivity contribution in [3.8, 4) is 11.3 Å². The fraction of sp³-hybridized carbons (Fsp3) is 0. The van der Waals surface area contributed by atoms with E-state index in [0.29, 0.717) is 36.7 Å². The fourth-order valence-electron chi connectivity index (χ4n) is 2.40. The van der Waals surface area contributed by atoms with Crippen molar-refractivity contribution in [1.82, 2.24) is 4.98 Å². The summed E-state index contributed by atoms with van der Waals surface area (Å²) in [6.07, 6.45) is 0. The van der Waals surface area contributed by atoms with Crippen LogP contribution < -0.4 is 5.32 Å². The van der Waals surface area contributed by atoms with E-state index >= 15 is 0 Å². The lowest BCUT2D eigenvalue weighted by molar-refractivity contribution is 0.0997. The van der Waals surface area contributed by atoms with Crippen molar-refractivity contribution in [2.45, 2.75) is 0 Å². The van der Waals surface area contributed by atoms with E-state index in [-0.39, 0.29) is 11.6 Å². The van der Waals surface area contributed by atoms with Crippen LogP contribution in [0.15, 0.2) is 52.9 Å². The number of carbonyl (C=O) groups is 1. The van der Waals surface area contributed by atoms with E-state index in [1.54, 1.807) is 36.4 Å². The normalized spacial score (nSPS) is 11.0. The Bertz CT molecular complexity index is 1140. The van der Waals surface area contributed by atoms with Crippen LogP contribution >= 0.6 is 34.5 Å². The minimum absolute atomic E-state index is 0.108. The maximum absolute atomic E-state index is 13.3. The molecule has 2 aromatic carbocycles. The Kier molecular flexibility index (Phi) is 4.40. The molecule has 0 aliphatic carbocycles. The molecule has 0 radical (unpaired) electrons. The van der Waals surface area contributed by atoms with Crippen LogP contribution in [-0.4, -0.2) is 10.9 Å². The van der Waals surface area contributed by atoms with E-state index in [0.717, 1.165) is 0 Å². The second-order valence-electron chi connectivity index (χ2n) is 5.37. The minimum atomic E-state index is -0.458. The summed E-state index contributed by atoms with van der Waals surface area (Å²) >= 11 is 13.2. The molecule has 0 aliphatic rings. The van der Waals surface area contributed by atoms with Gasteiger partial charge in [0.15, 0.2) is 10.9 Å². The molecular formula is C18H9Cl2FN2O2S. The maximum atomic E-state index is 13.3. The highest BCUT2D eigenvalue weighted by Crippen LogP contribution is 2.32. The van der Waals surface area contributed by atoms with Gasteiger partial charge < -0.3 is 4.42 Å². The Morgan fingerprint density at radius 1 is 1.12 bits per heavy atom. The number of hydrogen-bond acceptors (Lipinski definition) is 4. The average Bonchev–Trinajstić information content (AvgIpc) is 3.21. The number of thiazole rings is 1. The molecule has 0 bridgehead atoms. The summed E-state index contributed by atoms with van der Waals surface area (Å²) in [5.41, 5.74) is 1.24. The highest BCUT2D eigenvalue weighted by Gasteiger charge is 2.16. The number of nitrogens with one attached hydrogen (secondary N) is 1. The lowest BCUT2D eigenvalue weighted by Crippen LogP contribution is -2.10. The van der Waals surface area contributed by atoms with Crippen LogP contribution in [0.3, 0.4) is 0 Å². The maximum Gasteiger partial charge on any atom is 0.293 e. The molecule has 1 amide bonds. The van der Waals surface area contributed by atoms with E-state index in [1.165, 1.54) is 23.5 Å². The van der Waals surface area contributed by atoms with Gasteiger partial charge in [-0.25, -0.2) is 9.37 Å². The molecule has 0 saturated heterocycles. The summed E-state index contributed by atoms with van der Waals surface area (Å²) in [5.74, 6) is -0.255. The Balaban J connectivity index is 1.57. The monoisotopic (exact) mass is 406 g/mol. The first-order valence-corrected chi connectivity index (χ1v) is 8.99. The van der Waals surface area contributed by atoms with Gasteiger partial charge in [-0.05, 0) is 48.5 Å². The zero-order valence-electron chi connectivity index (χ0n) is 12.9. The highest BCUT2D eigenvalue weighted by molar-refractivity contribution is 7.22. The lowest BCUT2D eigenvalue weighted by atomic mass is 10.2. The highest BCUT2D eigenvalue weighted by atomic mass is 35.5. The van der Waals surface area contributed by atoms with Gasteiger partial charge >= 0.3 is 0 Å². The van der Waals surface area contributed by atoms with Crippen LogP contribution in [0.1, 0.15) is 10.6 Å². The van der Waals surface area contributed by atoms with E-state index in [4.69, 9.17) is 27.6 Å². The number of furan rings is 1. The molecule has 4 aromatic rings. The Morgan fingerprint density at radius 3 is 2.77 bits per heavy atom. The van der Waals surface area contributed by atoms with Crippen molar-refractivity contribution in [3.05, 3.63) is 70.2 Å². The Labute approximate surface area is 161 Å². The van der Waals surface area contributed by atoms with Gasteiger partial charge in [-0.3, -0.25) is 10.1 Å². The molecule has 4 nitrogen and oxygen atoms in total. The molecule has 1 N–H and O–H groups in total. The summed E-state index contributed by atoms with van der Waals surface area (Å²) in [6, 6.07) is 12.4. The zero-order valence-corrected chi connectivity index (χ0v) is 15.3. The molecule has 130 valence electrons. The number of aromatic nitrogens is 1. The molecule has 0 spiro atoms. The minimum Gasteiger partial charge on any atom is -0.451 e. The molecule has 8 heteroatoms. The van der Waals surface area contributed by atoms with Crippen molar-refractivity contribution >= 4 is 55.8 Å². The topological polar surface area (TPSA) is 55.1 Å². The first kappa shape index (κ1) is 17.0. The number of rotatable bonds is 3. The van der Waals surface area contributed by atoms with Crippen molar-refractivity contribution in [1.29, 1.82) is 0 Å². The number of amides is 1. The van der Waals surface area contributed by atoms with Gasteiger partial charge in [0, 0.05) is 10.6 Å². The number of nitrogens with zero attached hydrogens (tertiary/aromatic N) is 1. The molecule has 0 unspecified atom stereocenters. The van der Waals surface area contributed by atoms with Gasteiger partial charge in [0.1, 0.15) is 11.6 Å². The summed E-state index contributed by atoms with van der Waals surface area (Å²) in [4.78, 5) is 16.6. The number of hydrogen-bond donors (Lipinski definition) is 1. The fourth-order valence-corrected chi connectivity index (χ4v) is 3.79. The second kappa shape index (κ2) is 6.72. The van der Waals surface area contributed by atoms with E-state index in [1.807, 2.05) is 0 Å². The van der Waals surface area contributed by atoms with Crippen LogP contribution in [0.4, 0.5) is 9.52 Å². The Hall–Kier alpha value is -2.41. The molecule has 0 saturated carbocycles. The third-order valence-electron chi connectivity index (χ3n) is 3.60. The standard InChI is InChI=1S/C18H9Cl2FN2O2S/c19-9-1-3-11(12(20)7-9)14-5-6-15(25-14)17(24)23-18-22-13-4-2-10(21)8-16(13)26-18/h1-8H,(H,22,23,24). The zero-order chi connectivity index (χ0) is 18.3. The van der Waals surface area contributed by atoms with Crippen LogP contribution in [-0.2, 0) is 0 Å². The van der Waals surface area contributed by atoms with E-state index in [9.17, 15) is 9.18 Å². The third-order valence-corrected chi connectivity index (χ3v) is 5.08. The average molecular weight is 407 g/mol. The van der Waals surface area contributed by atoms with Crippen LogP contribution in [0.2, 0.25) is 10.0 Å². The van der Waals surface area contributed by atoms with Crippen LogP contribution in [0.5, 0.6) is 0 Å². The molecule has 2 heterocycles. The smallest absolute Gasteiger partial charge is 0.293 e. The summed E-state index contributed by atoms with van der Waals surface area (Å²) in [6.45, 7) is 0. The number of anilines is 1. The SMILES string of the molecule is O=C(Nc1nc2ccc(F)cc2s1)c1ccc(-c2ccc(Cl)cc2Cl)o1. The van der Waals surface area contributed by atoms with Gasteiger partial charge in [0.2, 0.25) is 0 Å². The van der Waals surface area contributed by atoms with Gasteiger partial charge in [0.05, 0.1) is 15.2 Å². The first-order chi connectivity index (χ1) is 12.5. The van der Waals surface area contributed by atoms with Gasteiger partial charge in [0.25, 0.3) is 5.91 Å². The molecular weight excluding hydrogens is 398 g/mol. The van der Waals surface area contributed by atoms with Crippen molar-refractivity contribution in [2.24, 2.45) is 0 Å². The molecule has 26 heavy (non-hydrogen) atoms. The number of benzene rings is 2. The van der Waals surface area contributed by atoms with Crippen LogP contribution in [0.25, 0.3) is 21.5 Å². The molecule has 0 fully saturated rings. The molecule has 4 rings (SSSR count). The van der Waals surface area contributed by atoms with E-state index in [2.05, 4.69) is 10.3 Å². The van der Waals surface area contributed by atoms with Crippen molar-refractivity contribution in [2.75, 3.05) is 5.32 Å². The largest absolute Gasteiger partial charge is 0.451 e. The lowest BCUT2D eigenvalue weighted by Gasteiger charge is -2.01. The summed E-state index contributed by atoms with van der Waals surface area (Å²) < 4.78 is 19.5. The van der Waals surface area contributed by atoms with Crippen molar-refractivity contribution in [3.63, 3.8) is 0 Å². The summed E-state index contributed by atoms with van der Waals surface area (Å²) in [7, 11) is 0. The number of halogens is 3. The van der Waals surface area contributed by atoms with Crippen molar-refractivity contribution < 1.29 is 13.6 Å². The predicted octanol–water partition coefficient (Wildman–Crippen LogP) is 6.25.